The lowest BCUT2D eigenvalue weighted by Gasteiger charge is -2.54. The first-order chi connectivity index (χ1) is 13.8. The molecule has 0 saturated heterocycles. The second kappa shape index (κ2) is 9.13. The number of hydrogen-bond donors (Lipinski definition) is 1. The Kier molecular flexibility index (Phi) is 7.19. The fourth-order valence-electron chi connectivity index (χ4n) is 7.11. The molecule has 0 aromatic heterocycles. The Morgan fingerprint density at radius 1 is 1.00 bits per heavy atom. The maximum atomic E-state index is 10.2. The van der Waals surface area contributed by atoms with Crippen LogP contribution in [0.3, 0.4) is 0 Å². The highest BCUT2D eigenvalue weighted by Gasteiger charge is 2.55. The van der Waals surface area contributed by atoms with Crippen LogP contribution in [0.25, 0.3) is 0 Å². The van der Waals surface area contributed by atoms with Crippen LogP contribution in [-0.4, -0.2) is 11.2 Å². The minimum Gasteiger partial charge on any atom is -0.393 e. The van der Waals surface area contributed by atoms with Gasteiger partial charge in [0.2, 0.25) is 0 Å². The normalized spacial score (nSPS) is 41.1. The van der Waals surface area contributed by atoms with Crippen LogP contribution in [0.4, 0.5) is 0 Å². The summed E-state index contributed by atoms with van der Waals surface area (Å²) in [4.78, 5) is 0. The number of allylic oxidation sites excluding steroid dienone is 5. The van der Waals surface area contributed by atoms with Gasteiger partial charge in [-0.1, -0.05) is 77.0 Å². The van der Waals surface area contributed by atoms with Gasteiger partial charge in [-0.25, -0.2) is 0 Å². The zero-order chi connectivity index (χ0) is 21.2. The van der Waals surface area contributed by atoms with Gasteiger partial charge < -0.3 is 5.11 Å². The Balaban J connectivity index is 0.00000117. The minimum absolute atomic E-state index is 0.110. The maximum Gasteiger partial charge on any atom is 0.0578 e. The van der Waals surface area contributed by atoms with Crippen LogP contribution in [-0.2, 0) is 0 Å². The first-order valence-electron chi connectivity index (χ1n) is 12.6. The van der Waals surface area contributed by atoms with E-state index in [-0.39, 0.29) is 6.10 Å². The molecule has 0 heterocycles. The van der Waals surface area contributed by atoms with Crippen molar-refractivity contribution in [1.29, 1.82) is 0 Å². The summed E-state index contributed by atoms with van der Waals surface area (Å²) in [6, 6.07) is 0. The molecule has 4 rings (SSSR count). The topological polar surface area (TPSA) is 20.2 Å². The standard InChI is InChI=1S/C26H40O.C2H6/c1-18(2)7-5-6-8-19-10-12-23-22-11-9-20-17-21(27)13-15-26(20,4)24(22)14-16-25(19,23)3;1-2/h5-6,9,11,18-19,21,23-24,27H,7-8,10,12-17H2,1-4H3;1-2H3/b6-5+;. The number of fused-ring (bicyclic) bond motifs is 5. The van der Waals surface area contributed by atoms with Crippen LogP contribution >= 0.6 is 0 Å². The van der Waals surface area contributed by atoms with Gasteiger partial charge in [0.1, 0.15) is 0 Å². The van der Waals surface area contributed by atoms with Crippen molar-refractivity contribution < 1.29 is 5.11 Å². The summed E-state index contributed by atoms with van der Waals surface area (Å²) >= 11 is 0. The van der Waals surface area contributed by atoms with E-state index in [0.29, 0.717) is 10.8 Å². The SMILES string of the molecule is CC.CC(C)C/C=C/CC1CCC2C3=CC=C4CC(O)CCC4(C)C3CCC12C. The molecule has 0 aromatic rings. The van der Waals surface area contributed by atoms with Crippen molar-refractivity contribution in [3.8, 4) is 0 Å². The molecule has 6 unspecified atom stereocenters. The molecule has 1 nitrogen and oxygen atoms in total. The van der Waals surface area contributed by atoms with Crippen LogP contribution in [0, 0.1) is 34.5 Å². The molecule has 0 radical (unpaired) electrons. The van der Waals surface area contributed by atoms with Crippen LogP contribution in [0.15, 0.2) is 35.5 Å². The predicted octanol–water partition coefficient (Wildman–Crippen LogP) is 7.87. The summed E-state index contributed by atoms with van der Waals surface area (Å²) in [7, 11) is 0. The summed E-state index contributed by atoms with van der Waals surface area (Å²) < 4.78 is 0. The fourth-order valence-corrected chi connectivity index (χ4v) is 7.11. The largest absolute Gasteiger partial charge is 0.393 e. The van der Waals surface area contributed by atoms with Crippen molar-refractivity contribution in [2.45, 2.75) is 105 Å². The van der Waals surface area contributed by atoms with Gasteiger partial charge in [0, 0.05) is 0 Å². The first-order valence-corrected chi connectivity index (χ1v) is 12.6. The maximum absolute atomic E-state index is 10.2. The quantitative estimate of drug-likeness (QED) is 0.478. The molecule has 0 aromatic carbocycles. The monoisotopic (exact) mass is 398 g/mol. The predicted molar refractivity (Wildman–Crippen MR) is 126 cm³/mol. The average Bonchev–Trinajstić information content (AvgIpc) is 3.03. The summed E-state index contributed by atoms with van der Waals surface area (Å²) in [6.07, 6.45) is 20.8. The highest BCUT2D eigenvalue weighted by atomic mass is 16.3. The van der Waals surface area contributed by atoms with E-state index in [2.05, 4.69) is 52.0 Å². The molecule has 4 aliphatic carbocycles. The van der Waals surface area contributed by atoms with E-state index < -0.39 is 0 Å². The Morgan fingerprint density at radius 2 is 1.76 bits per heavy atom. The second-order valence-electron chi connectivity index (χ2n) is 10.9. The van der Waals surface area contributed by atoms with E-state index in [0.717, 1.165) is 36.5 Å². The molecular weight excluding hydrogens is 352 g/mol. The van der Waals surface area contributed by atoms with Crippen molar-refractivity contribution in [3.63, 3.8) is 0 Å². The summed E-state index contributed by atoms with van der Waals surface area (Å²) in [6.45, 7) is 13.7. The van der Waals surface area contributed by atoms with Crippen molar-refractivity contribution in [2.24, 2.45) is 34.5 Å². The molecule has 4 aliphatic rings. The smallest absolute Gasteiger partial charge is 0.0578 e. The van der Waals surface area contributed by atoms with E-state index in [9.17, 15) is 5.11 Å². The van der Waals surface area contributed by atoms with E-state index >= 15 is 0 Å². The van der Waals surface area contributed by atoms with E-state index in [1.54, 1.807) is 5.57 Å². The van der Waals surface area contributed by atoms with E-state index in [4.69, 9.17) is 0 Å². The molecule has 0 bridgehead atoms. The summed E-state index contributed by atoms with van der Waals surface area (Å²) in [5.74, 6) is 3.16. The van der Waals surface area contributed by atoms with Crippen LogP contribution < -0.4 is 0 Å². The third kappa shape index (κ3) is 4.18. The Bertz CT molecular complexity index is 653. The van der Waals surface area contributed by atoms with E-state index in [1.807, 2.05) is 13.8 Å². The molecule has 0 amide bonds. The van der Waals surface area contributed by atoms with Crippen LogP contribution in [0.1, 0.15) is 99.3 Å². The Labute approximate surface area is 180 Å². The molecule has 3 fully saturated rings. The molecule has 1 heteroatoms. The van der Waals surface area contributed by atoms with Gasteiger partial charge in [-0.05, 0) is 92.3 Å². The molecular formula is C28H46O. The van der Waals surface area contributed by atoms with Crippen molar-refractivity contribution in [3.05, 3.63) is 35.5 Å². The lowest BCUT2D eigenvalue weighted by molar-refractivity contribution is 0.0453. The zero-order valence-electron chi connectivity index (χ0n) is 20.0. The lowest BCUT2D eigenvalue weighted by atomic mass is 9.50. The molecule has 3 saturated carbocycles. The third-order valence-electron chi connectivity index (χ3n) is 8.94. The zero-order valence-corrected chi connectivity index (χ0v) is 20.0. The van der Waals surface area contributed by atoms with Crippen LogP contribution in [0.2, 0.25) is 0 Å². The first kappa shape index (κ1) is 22.9. The third-order valence-corrected chi connectivity index (χ3v) is 8.94. The van der Waals surface area contributed by atoms with Gasteiger partial charge in [-0.2, -0.15) is 0 Å². The van der Waals surface area contributed by atoms with Gasteiger partial charge in [0.05, 0.1) is 6.10 Å². The second-order valence-corrected chi connectivity index (χ2v) is 10.9. The van der Waals surface area contributed by atoms with E-state index in [1.165, 1.54) is 50.5 Å². The molecule has 0 spiro atoms. The number of aliphatic hydroxyl groups is 1. The van der Waals surface area contributed by atoms with Crippen molar-refractivity contribution in [1.82, 2.24) is 0 Å². The van der Waals surface area contributed by atoms with Gasteiger partial charge >= 0.3 is 0 Å². The highest BCUT2D eigenvalue weighted by Crippen LogP contribution is 2.65. The van der Waals surface area contributed by atoms with Crippen molar-refractivity contribution >= 4 is 0 Å². The summed E-state index contributed by atoms with van der Waals surface area (Å²) in [5, 5.41) is 10.2. The Hall–Kier alpha value is -0.820. The van der Waals surface area contributed by atoms with Gasteiger partial charge in [0.25, 0.3) is 0 Å². The molecule has 164 valence electrons. The highest BCUT2D eigenvalue weighted by molar-refractivity contribution is 5.38. The van der Waals surface area contributed by atoms with Gasteiger partial charge in [0.15, 0.2) is 0 Å². The average molecular weight is 399 g/mol. The molecule has 29 heavy (non-hydrogen) atoms. The number of hydrogen-bond acceptors (Lipinski definition) is 1. The Morgan fingerprint density at radius 3 is 2.48 bits per heavy atom. The molecule has 6 atom stereocenters. The number of rotatable bonds is 4. The van der Waals surface area contributed by atoms with Gasteiger partial charge in [-0.3, -0.25) is 0 Å². The summed E-state index contributed by atoms with van der Waals surface area (Å²) in [5.41, 5.74) is 4.13. The number of aliphatic hydroxyl groups excluding tert-OH is 1. The lowest BCUT2D eigenvalue weighted by Crippen LogP contribution is -2.45. The minimum atomic E-state index is -0.110. The molecule has 0 aliphatic heterocycles. The van der Waals surface area contributed by atoms with Crippen molar-refractivity contribution in [2.75, 3.05) is 0 Å². The van der Waals surface area contributed by atoms with Crippen LogP contribution in [0.5, 0.6) is 0 Å². The molecule has 1 N–H and O–H groups in total. The fraction of sp³-hybridized carbons (Fsp3) is 0.786. The van der Waals surface area contributed by atoms with Gasteiger partial charge in [-0.15, -0.1) is 0 Å².